The lowest BCUT2D eigenvalue weighted by Gasteiger charge is -2.17. The number of nitrogen functional groups attached to an aromatic ring is 1. The number of carbonyl (C=O) groups is 2. The molecular formula is C24H20N6O2S. The van der Waals surface area contributed by atoms with E-state index in [1.807, 2.05) is 19.1 Å². The Morgan fingerprint density at radius 2 is 1.70 bits per heavy atom. The van der Waals surface area contributed by atoms with Gasteiger partial charge in [0.1, 0.15) is 28.5 Å². The van der Waals surface area contributed by atoms with Gasteiger partial charge < -0.3 is 16.8 Å². The van der Waals surface area contributed by atoms with E-state index >= 15 is 0 Å². The third-order valence-corrected chi connectivity index (χ3v) is 6.18. The fourth-order valence-electron chi connectivity index (χ4n) is 3.17. The lowest BCUT2D eigenvalue weighted by atomic mass is 9.97. The van der Waals surface area contributed by atoms with E-state index < -0.39 is 11.2 Å². The number of rotatable bonds is 7. The summed E-state index contributed by atoms with van der Waals surface area (Å²) in [6.07, 6.45) is 0.447. The van der Waals surface area contributed by atoms with Crippen LogP contribution in [0.3, 0.4) is 0 Å². The van der Waals surface area contributed by atoms with Gasteiger partial charge in [0, 0.05) is 16.8 Å². The van der Waals surface area contributed by atoms with Gasteiger partial charge in [-0.1, -0.05) is 49.0 Å². The first kappa shape index (κ1) is 23.3. The van der Waals surface area contributed by atoms with Crippen molar-refractivity contribution in [2.24, 2.45) is 5.73 Å². The molecule has 2 amide bonds. The molecule has 0 aliphatic heterocycles. The van der Waals surface area contributed by atoms with Crippen LogP contribution >= 0.6 is 11.8 Å². The first-order valence-corrected chi connectivity index (χ1v) is 10.8. The molecule has 5 N–H and O–H groups in total. The normalized spacial score (nSPS) is 11.1. The van der Waals surface area contributed by atoms with Gasteiger partial charge in [-0.2, -0.15) is 10.5 Å². The number of primary amides is 1. The molecule has 0 bridgehead atoms. The van der Waals surface area contributed by atoms with E-state index in [-0.39, 0.29) is 27.9 Å². The van der Waals surface area contributed by atoms with Crippen molar-refractivity contribution in [3.8, 4) is 23.3 Å². The maximum atomic E-state index is 12.9. The van der Waals surface area contributed by atoms with Gasteiger partial charge in [-0.15, -0.1) is 0 Å². The maximum Gasteiger partial charge on any atom is 0.248 e. The number of thioether (sulfide) groups is 1. The highest BCUT2D eigenvalue weighted by molar-refractivity contribution is 8.00. The van der Waals surface area contributed by atoms with Crippen molar-refractivity contribution in [3.05, 3.63) is 71.3 Å². The summed E-state index contributed by atoms with van der Waals surface area (Å²) in [5.74, 6) is -0.864. The second-order valence-corrected chi connectivity index (χ2v) is 8.15. The van der Waals surface area contributed by atoms with Crippen molar-refractivity contribution in [2.45, 2.75) is 23.6 Å². The molecule has 0 aliphatic rings. The van der Waals surface area contributed by atoms with Gasteiger partial charge in [-0.3, -0.25) is 9.59 Å². The van der Waals surface area contributed by atoms with Gasteiger partial charge in [-0.25, -0.2) is 4.98 Å². The first-order valence-electron chi connectivity index (χ1n) is 9.96. The number of pyridine rings is 1. The molecule has 0 saturated heterocycles. The fraction of sp³-hybridized carbons (Fsp3) is 0.125. The Kier molecular flexibility index (Phi) is 7.29. The molecule has 33 heavy (non-hydrogen) atoms. The molecule has 9 heteroatoms. The molecule has 1 aromatic heterocycles. The van der Waals surface area contributed by atoms with Crippen molar-refractivity contribution in [2.75, 3.05) is 11.1 Å². The van der Waals surface area contributed by atoms with Crippen molar-refractivity contribution in [3.63, 3.8) is 0 Å². The Balaban J connectivity index is 1.94. The van der Waals surface area contributed by atoms with Crippen LogP contribution in [0.4, 0.5) is 11.5 Å². The van der Waals surface area contributed by atoms with Crippen LogP contribution in [0.1, 0.15) is 34.8 Å². The smallest absolute Gasteiger partial charge is 0.248 e. The first-order chi connectivity index (χ1) is 15.9. The van der Waals surface area contributed by atoms with E-state index in [0.717, 1.165) is 11.8 Å². The van der Waals surface area contributed by atoms with Gasteiger partial charge in [-0.05, 0) is 36.2 Å². The van der Waals surface area contributed by atoms with Gasteiger partial charge in [0.2, 0.25) is 11.8 Å². The number of benzene rings is 2. The summed E-state index contributed by atoms with van der Waals surface area (Å²) in [6, 6.07) is 19.4. The third-order valence-electron chi connectivity index (χ3n) is 4.83. The Bertz CT molecular complexity index is 1280. The SMILES string of the molecule is CCC(Sc1nc(N)c(C#N)c(-c2ccccc2)c1C#N)C(=O)Nc1ccc(C(N)=O)cc1. The minimum Gasteiger partial charge on any atom is -0.383 e. The summed E-state index contributed by atoms with van der Waals surface area (Å²) in [7, 11) is 0. The Morgan fingerprint density at radius 1 is 1.06 bits per heavy atom. The molecule has 0 aliphatic carbocycles. The van der Waals surface area contributed by atoms with Crippen molar-refractivity contribution in [1.82, 2.24) is 4.98 Å². The summed E-state index contributed by atoms with van der Waals surface area (Å²) >= 11 is 1.11. The number of carbonyl (C=O) groups excluding carboxylic acids is 2. The zero-order valence-electron chi connectivity index (χ0n) is 17.7. The van der Waals surface area contributed by atoms with Crippen LogP contribution in [0.2, 0.25) is 0 Å². The number of hydrogen-bond acceptors (Lipinski definition) is 7. The molecule has 1 heterocycles. The fourth-order valence-corrected chi connectivity index (χ4v) is 4.19. The molecule has 1 unspecified atom stereocenters. The van der Waals surface area contributed by atoms with Gasteiger partial charge >= 0.3 is 0 Å². The molecule has 3 aromatic rings. The van der Waals surface area contributed by atoms with Crippen LogP contribution in [-0.4, -0.2) is 22.0 Å². The molecule has 8 nitrogen and oxygen atoms in total. The number of nitriles is 2. The quantitative estimate of drug-likeness (QED) is 0.457. The van der Waals surface area contributed by atoms with Crippen LogP contribution in [0.25, 0.3) is 11.1 Å². The van der Waals surface area contributed by atoms with Crippen LogP contribution in [0, 0.1) is 22.7 Å². The zero-order valence-corrected chi connectivity index (χ0v) is 18.5. The summed E-state index contributed by atoms with van der Waals surface area (Å²) in [6.45, 7) is 1.84. The van der Waals surface area contributed by atoms with E-state index in [1.165, 1.54) is 12.1 Å². The molecule has 2 aromatic carbocycles. The minimum atomic E-state index is -0.587. The van der Waals surface area contributed by atoms with Crippen molar-refractivity contribution >= 4 is 35.1 Å². The molecule has 0 fully saturated rings. The highest BCUT2D eigenvalue weighted by atomic mass is 32.2. The van der Waals surface area contributed by atoms with E-state index in [9.17, 15) is 20.1 Å². The van der Waals surface area contributed by atoms with Gasteiger partial charge in [0.05, 0.1) is 10.8 Å². The monoisotopic (exact) mass is 456 g/mol. The standard InChI is InChI=1S/C24H20N6O2S/c1-2-19(23(32)29-16-10-8-15(9-11-16)22(28)31)33-24-18(13-26)20(14-6-4-3-5-7-14)17(12-25)21(27)30-24/h3-11,19H,2H2,1H3,(H2,27,30)(H2,28,31)(H,29,32). The topological polar surface area (TPSA) is 159 Å². The minimum absolute atomic E-state index is 0.00449. The number of aromatic nitrogens is 1. The second-order valence-electron chi connectivity index (χ2n) is 6.96. The Labute approximate surface area is 195 Å². The lowest BCUT2D eigenvalue weighted by Crippen LogP contribution is -2.25. The maximum absolute atomic E-state index is 12.9. The van der Waals surface area contributed by atoms with Crippen molar-refractivity contribution < 1.29 is 9.59 Å². The van der Waals surface area contributed by atoms with Gasteiger partial charge in [0.25, 0.3) is 0 Å². The molecule has 0 saturated carbocycles. The highest BCUT2D eigenvalue weighted by Crippen LogP contribution is 2.37. The highest BCUT2D eigenvalue weighted by Gasteiger charge is 2.25. The predicted octanol–water partition coefficient (Wildman–Crippen LogP) is 3.68. The van der Waals surface area contributed by atoms with E-state index in [0.29, 0.717) is 28.8 Å². The lowest BCUT2D eigenvalue weighted by molar-refractivity contribution is -0.115. The molecule has 1 atom stereocenters. The van der Waals surface area contributed by atoms with E-state index in [1.54, 1.807) is 36.4 Å². The number of amides is 2. The van der Waals surface area contributed by atoms with Crippen LogP contribution in [0.5, 0.6) is 0 Å². The molecular weight excluding hydrogens is 436 g/mol. The third kappa shape index (κ3) is 5.12. The summed E-state index contributed by atoms with van der Waals surface area (Å²) in [4.78, 5) is 28.4. The number of anilines is 2. The molecule has 164 valence electrons. The summed E-state index contributed by atoms with van der Waals surface area (Å²) in [5, 5.41) is 22.0. The largest absolute Gasteiger partial charge is 0.383 e. The summed E-state index contributed by atoms with van der Waals surface area (Å²) < 4.78 is 0. The predicted molar refractivity (Wildman–Crippen MR) is 127 cm³/mol. The van der Waals surface area contributed by atoms with E-state index in [4.69, 9.17) is 11.5 Å². The second kappa shape index (κ2) is 10.3. The molecule has 3 rings (SSSR count). The van der Waals surface area contributed by atoms with Crippen LogP contribution < -0.4 is 16.8 Å². The zero-order chi connectivity index (χ0) is 24.0. The van der Waals surface area contributed by atoms with Crippen molar-refractivity contribution in [1.29, 1.82) is 10.5 Å². The number of nitrogens with two attached hydrogens (primary N) is 2. The van der Waals surface area contributed by atoms with E-state index in [2.05, 4.69) is 16.4 Å². The Morgan fingerprint density at radius 3 is 2.24 bits per heavy atom. The number of nitrogens with one attached hydrogen (secondary N) is 1. The molecule has 0 radical (unpaired) electrons. The van der Waals surface area contributed by atoms with Gasteiger partial charge in [0.15, 0.2) is 0 Å². The van der Waals surface area contributed by atoms with Crippen LogP contribution in [0.15, 0.2) is 59.6 Å². The molecule has 0 spiro atoms. The summed E-state index contributed by atoms with van der Waals surface area (Å²) in [5.41, 5.74) is 13.5. The van der Waals surface area contributed by atoms with Crippen LogP contribution in [-0.2, 0) is 4.79 Å². The Hall–Kier alpha value is -4.34. The average Bonchev–Trinajstić information content (AvgIpc) is 2.82. The number of nitrogens with zero attached hydrogens (tertiary/aromatic N) is 3. The average molecular weight is 457 g/mol. The number of hydrogen-bond donors (Lipinski definition) is 3.